The van der Waals surface area contributed by atoms with Crippen molar-refractivity contribution in [1.29, 1.82) is 0 Å². The summed E-state index contributed by atoms with van der Waals surface area (Å²) in [6.07, 6.45) is 13.6. The van der Waals surface area contributed by atoms with Crippen molar-refractivity contribution >= 4 is 90.3 Å². The first kappa shape index (κ1) is 85.3. The second kappa shape index (κ2) is 35.6. The Morgan fingerprint density at radius 1 is 0.528 bits per heavy atom. The number of carbonyl (C=O) groups excluding carboxylic acids is 5. The Labute approximate surface area is 644 Å². The molecule has 0 atom stereocenters. The molecule has 31 heteroatoms. The zero-order valence-corrected chi connectivity index (χ0v) is 65.8. The Kier molecular flexibility index (Phi) is 28.1. The maximum Gasteiger partial charge on any atom is 1.00 e. The number of aliphatic carboxylic acids is 1. The van der Waals surface area contributed by atoms with Gasteiger partial charge in [0.05, 0.1) is 57.0 Å². The second-order valence-corrected chi connectivity index (χ2v) is 33.6. The summed E-state index contributed by atoms with van der Waals surface area (Å²) in [7, 11) is -0.971. The van der Waals surface area contributed by atoms with Crippen LogP contribution in [0, 0.1) is 0 Å². The van der Waals surface area contributed by atoms with Crippen molar-refractivity contribution in [2.75, 3.05) is 114 Å². The third kappa shape index (κ3) is 19.6. The number of carboxylic acids is 1. The Morgan fingerprint density at radius 2 is 0.898 bits per heavy atom. The molecule has 4 fully saturated rings. The zero-order chi connectivity index (χ0) is 75.4. The molecule has 582 valence electrons. The summed E-state index contributed by atoms with van der Waals surface area (Å²) in [6, 6.07) is 22.0. The van der Waals surface area contributed by atoms with E-state index < -0.39 is 55.4 Å². The summed E-state index contributed by atoms with van der Waals surface area (Å²) in [5.74, 6) is -1.21. The summed E-state index contributed by atoms with van der Waals surface area (Å²) in [5, 5.41) is 12.1. The number of carbonyl (C=O) groups is 6. The van der Waals surface area contributed by atoms with E-state index >= 15 is 0 Å². The number of hydrogen-bond donors (Lipinski definition) is 3. The fourth-order valence-corrected chi connectivity index (χ4v) is 16.7. The number of hydrogen-bond acceptors (Lipinski definition) is 18. The standard InChI is InChI=1S/C39H51N5O8S.C38H49N5O8S.Li.2H2O/c1-39(2,3)52-38(47)43-20-18-42(19-21-43)17-16-41(4)53(48,49)40-36(45)27-12-14-32-33(24-27)44-25-29(37(46)51-6)22-28-23-30(50-5)13-15-31(28)35(44)34(32)26-10-8-7-9-11-26;1-38(2,3)51-37(47)42-19-17-41(18-20-42)16-15-40(4)52(48,49)39-35(44)26-11-13-31-32(23-26)43-24-28(36(45)46)21-27-22-29(50-5)12-14-30(27)34(43)33(31)25-9-7-6-8-10-25;;;/h12-15,22-24,26H,7-11,16-21,25H2,1-6H3,(H,40,45);11-14,21-23,25H,6-10,15-20,24H2,1-5H3,(H,39,44)(H,45,46);;2*1H2/q;;+1;;/p-1. The first-order chi connectivity index (χ1) is 49.8. The Hall–Kier alpha value is -8.28. The maximum absolute atomic E-state index is 13.7. The van der Waals surface area contributed by atoms with Gasteiger partial charge >= 0.3 is 63.4 Å². The summed E-state index contributed by atoms with van der Waals surface area (Å²) >= 11 is 0. The summed E-state index contributed by atoms with van der Waals surface area (Å²) in [4.78, 5) is 85.1. The van der Waals surface area contributed by atoms with Crippen LogP contribution < -0.4 is 37.8 Å². The molecule has 0 spiro atoms. The fourth-order valence-electron chi connectivity index (χ4n) is 15.0. The topological polar surface area (TPSA) is 352 Å². The van der Waals surface area contributed by atoms with Gasteiger partial charge in [0.25, 0.3) is 11.8 Å². The van der Waals surface area contributed by atoms with Gasteiger partial charge in [-0.2, -0.15) is 25.4 Å². The fraction of sp³-hybridized carbons (Fsp3) is 0.506. The molecular formula is C77H103LiN10O18S2. The van der Waals surface area contributed by atoms with E-state index in [0.29, 0.717) is 88.0 Å². The summed E-state index contributed by atoms with van der Waals surface area (Å²) in [5.41, 5.74) is 8.84. The van der Waals surface area contributed by atoms with Gasteiger partial charge in [0.2, 0.25) is 0 Å². The third-order valence-corrected chi connectivity index (χ3v) is 23.5. The number of likely N-dealkylation sites (N-methyl/N-ethyl adjacent to an activating group) is 2. The first-order valence-corrected chi connectivity index (χ1v) is 39.1. The Morgan fingerprint density at radius 3 is 1.25 bits per heavy atom. The van der Waals surface area contributed by atoms with Crippen LogP contribution in [0.1, 0.15) is 161 Å². The molecule has 4 aliphatic heterocycles. The number of fused-ring (bicyclic) bond motifs is 10. The number of piperazine rings is 2. The van der Waals surface area contributed by atoms with Gasteiger partial charge in [-0.3, -0.25) is 19.4 Å². The minimum absolute atomic E-state index is 0. The van der Waals surface area contributed by atoms with E-state index in [1.807, 2.05) is 101 Å². The monoisotopic (exact) mass is 1530 g/mol. The van der Waals surface area contributed by atoms with Crippen LogP contribution in [0.2, 0.25) is 0 Å². The van der Waals surface area contributed by atoms with E-state index in [0.717, 1.165) is 115 Å². The van der Waals surface area contributed by atoms with E-state index in [2.05, 4.69) is 23.8 Å². The van der Waals surface area contributed by atoms with Crippen molar-refractivity contribution < 1.29 is 104 Å². The van der Waals surface area contributed by atoms with Crippen LogP contribution in [-0.4, -0.2) is 231 Å². The Bertz CT molecular complexity index is 4610. The van der Waals surface area contributed by atoms with Gasteiger partial charge in [-0.05, 0) is 174 Å². The number of nitrogens with zero attached hydrogens (tertiary/aromatic N) is 8. The number of carboxylic acid groups (broad SMARTS) is 1. The van der Waals surface area contributed by atoms with Crippen LogP contribution in [0.4, 0.5) is 9.59 Å². The predicted molar refractivity (Wildman–Crippen MR) is 407 cm³/mol. The van der Waals surface area contributed by atoms with Crippen molar-refractivity contribution in [3.8, 4) is 34.0 Å². The number of nitrogens with one attached hydrogen (secondary N) is 2. The smallest absolute Gasteiger partial charge is 0.870 e. The molecule has 108 heavy (non-hydrogen) atoms. The van der Waals surface area contributed by atoms with Crippen LogP contribution >= 0.6 is 0 Å². The van der Waals surface area contributed by atoms with Crippen LogP contribution in [0.5, 0.6) is 11.5 Å². The molecule has 2 saturated heterocycles. The molecule has 4 aromatic carbocycles. The molecule has 2 aromatic heterocycles. The minimum atomic E-state index is -4.19. The van der Waals surface area contributed by atoms with Crippen LogP contribution in [0.3, 0.4) is 0 Å². The predicted octanol–water partition coefficient (Wildman–Crippen LogP) is 6.70. The molecule has 6 aromatic rings. The number of ether oxygens (including phenoxy) is 5. The number of rotatable bonds is 18. The van der Waals surface area contributed by atoms with Crippen LogP contribution in [0.15, 0.2) is 83.9 Å². The van der Waals surface area contributed by atoms with Crippen molar-refractivity contribution in [1.82, 2.24) is 46.8 Å². The summed E-state index contributed by atoms with van der Waals surface area (Å²) < 4.78 is 91.4. The second-order valence-electron chi connectivity index (χ2n) is 30.0. The molecule has 6 heterocycles. The van der Waals surface area contributed by atoms with Gasteiger partial charge in [0.15, 0.2) is 0 Å². The Balaban J connectivity index is 0.000000265. The molecule has 6 aliphatic rings. The van der Waals surface area contributed by atoms with E-state index in [9.17, 15) is 50.7 Å². The average molecular weight is 1530 g/mol. The van der Waals surface area contributed by atoms with E-state index in [1.165, 1.54) is 39.6 Å². The third-order valence-electron chi connectivity index (χ3n) is 20.6. The molecule has 0 unspecified atom stereocenters. The van der Waals surface area contributed by atoms with E-state index in [1.54, 1.807) is 54.4 Å². The number of benzene rings is 4. The molecule has 2 aliphatic carbocycles. The number of methoxy groups -OCH3 is 3. The van der Waals surface area contributed by atoms with Gasteiger partial charge < -0.3 is 58.7 Å². The molecule has 12 rings (SSSR count). The zero-order valence-electron chi connectivity index (χ0n) is 64.1. The molecule has 0 radical (unpaired) electrons. The molecule has 28 nitrogen and oxygen atoms in total. The van der Waals surface area contributed by atoms with Crippen LogP contribution in [0.25, 0.3) is 56.5 Å². The average Bonchev–Trinajstić information content (AvgIpc) is 1.58. The van der Waals surface area contributed by atoms with Gasteiger partial charge in [0.1, 0.15) is 22.7 Å². The quantitative estimate of drug-likeness (QED) is 0.0457. The molecule has 6 N–H and O–H groups in total. The summed E-state index contributed by atoms with van der Waals surface area (Å²) in [6.45, 7) is 16.6. The maximum atomic E-state index is 13.7. The molecule has 0 bridgehead atoms. The number of esters is 1. The normalized spacial score (nSPS) is 16.7. The number of amides is 4. The molecular weight excluding hydrogens is 1420 g/mol. The first-order valence-electron chi connectivity index (χ1n) is 36.2. The molecule has 4 amide bonds. The van der Waals surface area contributed by atoms with Gasteiger partial charge in [-0.25, -0.2) is 28.6 Å². The van der Waals surface area contributed by atoms with Gasteiger partial charge in [-0.1, -0.05) is 50.7 Å². The van der Waals surface area contributed by atoms with E-state index in [4.69, 9.17) is 23.7 Å². The van der Waals surface area contributed by atoms with Crippen molar-refractivity contribution in [2.24, 2.45) is 0 Å². The largest absolute Gasteiger partial charge is 1.00 e. The minimum Gasteiger partial charge on any atom is -0.870 e. The SMILES string of the molecule is COC(=O)C1=Cc2cc(OC)ccc2-c2c(C3CCCCC3)c3ccc(C(=O)NS(=O)(=O)N(C)CCN4CCN(C(=O)OC(C)(C)C)CC4)cc3n2C1.COc1ccc2c(c1)C=C(C(=O)O)Cn1c-2c(C2CCCCC2)c2ccc(C(=O)NS(=O)(=O)N(C)CCN3CCN(C(=O)OC(C)(C)C)CC3)cc21.O.[Li+].[OH-]. The van der Waals surface area contributed by atoms with Gasteiger partial charge in [0, 0.05) is 137 Å². The van der Waals surface area contributed by atoms with E-state index in [-0.39, 0.29) is 96.7 Å². The number of aromatic nitrogens is 2. The van der Waals surface area contributed by atoms with Gasteiger partial charge in [-0.15, -0.1) is 0 Å². The van der Waals surface area contributed by atoms with Crippen molar-refractivity contribution in [3.05, 3.63) is 117 Å². The molecule has 2 saturated carbocycles. The van der Waals surface area contributed by atoms with Crippen LogP contribution in [-0.2, 0) is 57.3 Å². The van der Waals surface area contributed by atoms with Crippen molar-refractivity contribution in [2.45, 2.75) is 142 Å². The van der Waals surface area contributed by atoms with Crippen molar-refractivity contribution in [3.63, 3.8) is 0 Å².